The summed E-state index contributed by atoms with van der Waals surface area (Å²) in [4.78, 5) is 14.1. The first-order valence-electron chi connectivity index (χ1n) is 5.53. The standard InChI is InChI=1S/C13H14ClNO2/c1-9-7-13(16)15-12-4-3-10(8-11(9)12)17-6-2-5-14/h3-4,7-8H,2,5-6H2,1H3,(H,15,16). The highest BCUT2D eigenvalue weighted by atomic mass is 35.5. The van der Waals surface area contributed by atoms with Crippen molar-refractivity contribution in [2.45, 2.75) is 13.3 Å². The number of hydrogen-bond acceptors (Lipinski definition) is 2. The number of rotatable bonds is 4. The molecule has 0 unspecified atom stereocenters. The molecule has 0 bridgehead atoms. The van der Waals surface area contributed by atoms with Crippen LogP contribution in [0.1, 0.15) is 12.0 Å². The van der Waals surface area contributed by atoms with Gasteiger partial charge in [-0.05, 0) is 37.1 Å². The maximum atomic E-state index is 11.3. The van der Waals surface area contributed by atoms with Gasteiger partial charge in [0.25, 0.3) is 0 Å². The number of aromatic nitrogens is 1. The van der Waals surface area contributed by atoms with E-state index < -0.39 is 0 Å². The molecule has 0 saturated heterocycles. The molecule has 0 aliphatic heterocycles. The summed E-state index contributed by atoms with van der Waals surface area (Å²) in [6.07, 6.45) is 0.824. The third kappa shape index (κ3) is 2.80. The number of pyridine rings is 1. The minimum absolute atomic E-state index is 0.0780. The Hall–Kier alpha value is -1.48. The van der Waals surface area contributed by atoms with E-state index in [9.17, 15) is 4.79 Å². The minimum Gasteiger partial charge on any atom is -0.494 e. The molecule has 0 spiro atoms. The summed E-state index contributed by atoms with van der Waals surface area (Å²) in [5, 5.41) is 1.01. The van der Waals surface area contributed by atoms with E-state index in [1.165, 1.54) is 0 Å². The van der Waals surface area contributed by atoms with Gasteiger partial charge in [0.15, 0.2) is 0 Å². The molecular formula is C13H14ClNO2. The van der Waals surface area contributed by atoms with Crippen molar-refractivity contribution >= 4 is 22.5 Å². The molecule has 2 rings (SSSR count). The maximum absolute atomic E-state index is 11.3. The molecule has 0 saturated carbocycles. The highest BCUT2D eigenvalue weighted by Crippen LogP contribution is 2.21. The number of aromatic amines is 1. The zero-order chi connectivity index (χ0) is 12.3. The zero-order valence-electron chi connectivity index (χ0n) is 9.63. The van der Waals surface area contributed by atoms with Crippen molar-refractivity contribution in [1.82, 2.24) is 4.98 Å². The van der Waals surface area contributed by atoms with Gasteiger partial charge in [0, 0.05) is 22.8 Å². The number of fused-ring (bicyclic) bond motifs is 1. The number of ether oxygens (including phenoxy) is 1. The Morgan fingerprint density at radius 2 is 2.18 bits per heavy atom. The molecule has 2 aromatic rings. The summed E-state index contributed by atoms with van der Waals surface area (Å²) in [5.74, 6) is 1.40. The van der Waals surface area contributed by atoms with Crippen molar-refractivity contribution in [2.24, 2.45) is 0 Å². The van der Waals surface area contributed by atoms with Gasteiger partial charge in [-0.25, -0.2) is 0 Å². The third-order valence-electron chi connectivity index (χ3n) is 2.57. The first kappa shape index (κ1) is 12.0. The highest BCUT2D eigenvalue weighted by molar-refractivity contribution is 6.17. The second kappa shape index (κ2) is 5.23. The quantitative estimate of drug-likeness (QED) is 0.671. The smallest absolute Gasteiger partial charge is 0.248 e. The van der Waals surface area contributed by atoms with Crippen LogP contribution in [0, 0.1) is 6.92 Å². The zero-order valence-corrected chi connectivity index (χ0v) is 10.4. The predicted octanol–water partition coefficient (Wildman–Crippen LogP) is 2.84. The molecule has 0 radical (unpaired) electrons. The summed E-state index contributed by atoms with van der Waals surface area (Å²) in [6, 6.07) is 7.24. The molecular weight excluding hydrogens is 238 g/mol. The number of aryl methyl sites for hydroxylation is 1. The molecule has 90 valence electrons. The van der Waals surface area contributed by atoms with E-state index in [0.29, 0.717) is 12.5 Å². The van der Waals surface area contributed by atoms with Crippen LogP contribution in [0.15, 0.2) is 29.1 Å². The monoisotopic (exact) mass is 251 g/mol. The van der Waals surface area contributed by atoms with Crippen molar-refractivity contribution in [3.05, 3.63) is 40.2 Å². The second-order valence-electron chi connectivity index (χ2n) is 3.91. The molecule has 1 aromatic heterocycles. The minimum atomic E-state index is -0.0780. The van der Waals surface area contributed by atoms with Gasteiger partial charge in [-0.2, -0.15) is 0 Å². The van der Waals surface area contributed by atoms with Gasteiger partial charge in [0.1, 0.15) is 5.75 Å². The molecule has 1 heterocycles. The van der Waals surface area contributed by atoms with Crippen molar-refractivity contribution < 1.29 is 4.74 Å². The Morgan fingerprint density at radius 3 is 2.94 bits per heavy atom. The molecule has 4 heteroatoms. The number of nitrogens with one attached hydrogen (secondary N) is 1. The van der Waals surface area contributed by atoms with Crippen molar-refractivity contribution in [2.75, 3.05) is 12.5 Å². The number of alkyl halides is 1. The first-order valence-corrected chi connectivity index (χ1v) is 6.06. The van der Waals surface area contributed by atoms with Gasteiger partial charge in [-0.3, -0.25) is 4.79 Å². The normalized spacial score (nSPS) is 10.7. The van der Waals surface area contributed by atoms with Gasteiger partial charge in [0.05, 0.1) is 6.61 Å². The number of benzene rings is 1. The van der Waals surface area contributed by atoms with E-state index in [1.807, 2.05) is 25.1 Å². The van der Waals surface area contributed by atoms with Crippen LogP contribution in [0.5, 0.6) is 5.75 Å². The second-order valence-corrected chi connectivity index (χ2v) is 4.29. The van der Waals surface area contributed by atoms with Gasteiger partial charge in [0.2, 0.25) is 5.56 Å². The SMILES string of the molecule is Cc1cc(=O)[nH]c2ccc(OCCCCl)cc12. The lowest BCUT2D eigenvalue weighted by Gasteiger charge is -2.07. The lowest BCUT2D eigenvalue weighted by molar-refractivity contribution is 0.319. The van der Waals surface area contributed by atoms with Crippen LogP contribution >= 0.6 is 11.6 Å². The van der Waals surface area contributed by atoms with Gasteiger partial charge >= 0.3 is 0 Å². The average molecular weight is 252 g/mol. The summed E-state index contributed by atoms with van der Waals surface area (Å²) >= 11 is 5.59. The van der Waals surface area contributed by atoms with Crippen molar-refractivity contribution in [3.8, 4) is 5.75 Å². The van der Waals surface area contributed by atoms with Gasteiger partial charge < -0.3 is 9.72 Å². The van der Waals surface area contributed by atoms with Crippen LogP contribution in [-0.4, -0.2) is 17.5 Å². The fraction of sp³-hybridized carbons (Fsp3) is 0.308. The molecule has 0 amide bonds. The van der Waals surface area contributed by atoms with E-state index in [0.717, 1.165) is 28.6 Å². The number of hydrogen-bond donors (Lipinski definition) is 1. The van der Waals surface area contributed by atoms with Crippen LogP contribution in [0.2, 0.25) is 0 Å². The Bertz CT molecular complexity index is 577. The lowest BCUT2D eigenvalue weighted by atomic mass is 10.1. The largest absolute Gasteiger partial charge is 0.494 e. The molecule has 0 fully saturated rings. The Morgan fingerprint density at radius 1 is 1.35 bits per heavy atom. The highest BCUT2D eigenvalue weighted by Gasteiger charge is 2.02. The van der Waals surface area contributed by atoms with Crippen molar-refractivity contribution in [3.63, 3.8) is 0 Å². The fourth-order valence-corrected chi connectivity index (χ4v) is 1.85. The molecule has 1 aromatic carbocycles. The Kier molecular flexibility index (Phi) is 3.69. The van der Waals surface area contributed by atoms with E-state index in [-0.39, 0.29) is 5.56 Å². The summed E-state index contributed by atoms with van der Waals surface area (Å²) < 4.78 is 5.56. The van der Waals surface area contributed by atoms with Crippen LogP contribution in [0.4, 0.5) is 0 Å². The van der Waals surface area contributed by atoms with E-state index >= 15 is 0 Å². The predicted molar refractivity (Wildman–Crippen MR) is 70.1 cm³/mol. The van der Waals surface area contributed by atoms with Gasteiger partial charge in [-0.15, -0.1) is 11.6 Å². The lowest BCUT2D eigenvalue weighted by Crippen LogP contribution is -2.05. The first-order chi connectivity index (χ1) is 8.20. The number of H-pyrrole nitrogens is 1. The molecule has 3 nitrogen and oxygen atoms in total. The van der Waals surface area contributed by atoms with Crippen molar-refractivity contribution in [1.29, 1.82) is 0 Å². The van der Waals surface area contributed by atoms with E-state index in [4.69, 9.17) is 16.3 Å². The Labute approximate surface area is 104 Å². The maximum Gasteiger partial charge on any atom is 0.248 e. The van der Waals surface area contributed by atoms with Crippen LogP contribution < -0.4 is 10.3 Å². The molecule has 0 atom stereocenters. The van der Waals surface area contributed by atoms with Gasteiger partial charge in [-0.1, -0.05) is 0 Å². The van der Waals surface area contributed by atoms with E-state index in [2.05, 4.69) is 4.98 Å². The summed E-state index contributed by atoms with van der Waals surface area (Å²) in [5.41, 5.74) is 1.71. The fourth-order valence-electron chi connectivity index (χ4n) is 1.74. The van der Waals surface area contributed by atoms with Crippen LogP contribution in [-0.2, 0) is 0 Å². The summed E-state index contributed by atoms with van der Waals surface area (Å²) in [7, 11) is 0. The average Bonchev–Trinajstić information content (AvgIpc) is 2.30. The molecule has 1 N–H and O–H groups in total. The molecule has 17 heavy (non-hydrogen) atoms. The molecule has 0 aliphatic rings. The Balaban J connectivity index is 2.33. The third-order valence-corrected chi connectivity index (χ3v) is 2.84. The number of halogens is 1. The molecule has 0 aliphatic carbocycles. The van der Waals surface area contributed by atoms with Crippen LogP contribution in [0.25, 0.3) is 10.9 Å². The van der Waals surface area contributed by atoms with Crippen LogP contribution in [0.3, 0.4) is 0 Å². The summed E-state index contributed by atoms with van der Waals surface area (Å²) in [6.45, 7) is 2.53. The van der Waals surface area contributed by atoms with E-state index in [1.54, 1.807) is 6.07 Å². The topological polar surface area (TPSA) is 42.1 Å².